The van der Waals surface area contributed by atoms with Gasteiger partial charge >= 0.3 is 11.9 Å². The van der Waals surface area contributed by atoms with Crippen LogP contribution in [-0.2, 0) is 41.8 Å². The molecule has 3 rings (SSSR count). The van der Waals surface area contributed by atoms with E-state index >= 15 is 0 Å². The highest BCUT2D eigenvalue weighted by Gasteiger charge is 2.32. The molecule has 3 atom stereocenters. The Morgan fingerprint density at radius 1 is 0.881 bits per heavy atom. The summed E-state index contributed by atoms with van der Waals surface area (Å²) >= 11 is 0. The number of rotatable bonds is 15. The smallest absolute Gasteiger partial charge is 0.335 e. The molecule has 2 amide bonds. The molecule has 222 valence electrons. The number of amides is 2. The first-order chi connectivity index (χ1) is 20.2. The second kappa shape index (κ2) is 16.5. The van der Waals surface area contributed by atoms with Crippen molar-refractivity contribution in [3.63, 3.8) is 0 Å². The van der Waals surface area contributed by atoms with Gasteiger partial charge in [-0.1, -0.05) is 60.7 Å². The number of hydrogen-bond acceptors (Lipinski definition) is 9. The van der Waals surface area contributed by atoms with Crippen molar-refractivity contribution in [2.45, 2.75) is 58.2 Å². The lowest BCUT2D eigenvalue weighted by Crippen LogP contribution is -2.54. The molecular weight excluding hydrogens is 542 g/mol. The first-order valence-electron chi connectivity index (χ1n) is 13.5. The maximum Gasteiger partial charge on any atom is 0.335 e. The molecule has 0 fully saturated rings. The average Bonchev–Trinajstić information content (AvgIpc) is 3.00. The van der Waals surface area contributed by atoms with Gasteiger partial charge in [0, 0.05) is 19.2 Å². The minimum Gasteiger partial charge on any atom is -0.505 e. The van der Waals surface area contributed by atoms with Crippen molar-refractivity contribution in [1.29, 1.82) is 0 Å². The fourth-order valence-corrected chi connectivity index (χ4v) is 3.75. The number of aromatic nitrogens is 1. The van der Waals surface area contributed by atoms with E-state index in [1.54, 1.807) is 0 Å². The monoisotopic (exact) mass is 577 g/mol. The molecule has 3 aromatic rings. The molecule has 0 aliphatic heterocycles. The lowest BCUT2D eigenvalue weighted by Gasteiger charge is -2.25. The maximum absolute atomic E-state index is 13.1. The van der Waals surface area contributed by atoms with Crippen LogP contribution < -0.4 is 10.6 Å². The van der Waals surface area contributed by atoms with Gasteiger partial charge in [-0.05, 0) is 43.5 Å². The first kappa shape index (κ1) is 31.8. The molecule has 11 nitrogen and oxygen atoms in total. The van der Waals surface area contributed by atoms with Gasteiger partial charge in [-0.2, -0.15) is 0 Å². The first-order valence-corrected chi connectivity index (χ1v) is 13.5. The molecule has 0 bridgehead atoms. The summed E-state index contributed by atoms with van der Waals surface area (Å²) in [6.45, 7) is 3.40. The third-order valence-corrected chi connectivity index (χ3v) is 6.12. The molecule has 0 aliphatic rings. The van der Waals surface area contributed by atoms with Crippen LogP contribution in [0.1, 0.15) is 48.3 Å². The molecule has 0 unspecified atom stereocenters. The summed E-state index contributed by atoms with van der Waals surface area (Å²) in [6, 6.07) is 19.9. The van der Waals surface area contributed by atoms with Gasteiger partial charge in [-0.15, -0.1) is 0 Å². The van der Waals surface area contributed by atoms with E-state index in [0.717, 1.165) is 11.1 Å². The molecular formula is C31H35N3O8. The van der Waals surface area contributed by atoms with Crippen molar-refractivity contribution in [3.05, 3.63) is 95.8 Å². The van der Waals surface area contributed by atoms with E-state index < -0.39 is 42.0 Å². The van der Waals surface area contributed by atoms with E-state index in [1.807, 2.05) is 60.7 Å². The van der Waals surface area contributed by atoms with Crippen LogP contribution in [0.5, 0.6) is 5.75 Å². The Morgan fingerprint density at radius 3 is 2.17 bits per heavy atom. The van der Waals surface area contributed by atoms with Crippen LogP contribution in [0.15, 0.2) is 79.0 Å². The van der Waals surface area contributed by atoms with Crippen LogP contribution in [0.3, 0.4) is 0 Å². The SMILES string of the molecule is C[C@@H](OCc1ccccc1)C(=O)O[C@H](C)[C@H](NC(=O)c1ncccc1O)C(=O)NCCCC(=O)OCc1ccccc1. The summed E-state index contributed by atoms with van der Waals surface area (Å²) in [4.78, 5) is 54.6. The van der Waals surface area contributed by atoms with Gasteiger partial charge in [0.15, 0.2) is 11.8 Å². The molecule has 1 heterocycles. The molecule has 1 aromatic heterocycles. The fraction of sp³-hybridized carbons (Fsp3) is 0.323. The molecule has 0 saturated carbocycles. The van der Waals surface area contributed by atoms with Gasteiger partial charge in [0.25, 0.3) is 5.91 Å². The molecule has 3 N–H and O–H groups in total. The van der Waals surface area contributed by atoms with Crippen molar-refractivity contribution in [2.24, 2.45) is 0 Å². The largest absolute Gasteiger partial charge is 0.505 e. The second-order valence-electron chi connectivity index (χ2n) is 9.44. The van der Waals surface area contributed by atoms with E-state index in [1.165, 1.54) is 32.2 Å². The Labute approximate surface area is 244 Å². The molecule has 0 aliphatic carbocycles. The number of aromatic hydroxyl groups is 1. The number of pyridine rings is 1. The lowest BCUT2D eigenvalue weighted by molar-refractivity contribution is -0.163. The number of benzene rings is 2. The Hall–Kier alpha value is -4.77. The van der Waals surface area contributed by atoms with Crippen molar-refractivity contribution >= 4 is 23.8 Å². The number of nitrogens with one attached hydrogen (secondary N) is 2. The van der Waals surface area contributed by atoms with E-state index in [4.69, 9.17) is 14.2 Å². The summed E-state index contributed by atoms with van der Waals surface area (Å²) in [7, 11) is 0. The van der Waals surface area contributed by atoms with E-state index in [0.29, 0.717) is 0 Å². The van der Waals surface area contributed by atoms with Crippen molar-refractivity contribution < 1.29 is 38.5 Å². The normalized spacial score (nSPS) is 12.8. The number of carbonyl (C=O) groups is 4. The van der Waals surface area contributed by atoms with Crippen LogP contribution in [0.25, 0.3) is 0 Å². The van der Waals surface area contributed by atoms with Gasteiger partial charge in [0.1, 0.15) is 24.5 Å². The predicted molar refractivity (Wildman–Crippen MR) is 152 cm³/mol. The summed E-state index contributed by atoms with van der Waals surface area (Å²) in [5.41, 5.74) is 1.43. The van der Waals surface area contributed by atoms with Gasteiger partial charge in [-0.3, -0.25) is 14.4 Å². The summed E-state index contributed by atoms with van der Waals surface area (Å²) in [5.74, 6) is -3.03. The Balaban J connectivity index is 1.55. The van der Waals surface area contributed by atoms with Gasteiger partial charge in [0.05, 0.1) is 6.61 Å². The zero-order valence-corrected chi connectivity index (χ0v) is 23.5. The van der Waals surface area contributed by atoms with Gasteiger partial charge in [-0.25, -0.2) is 9.78 Å². The summed E-state index contributed by atoms with van der Waals surface area (Å²) < 4.78 is 16.3. The number of esters is 2. The van der Waals surface area contributed by atoms with E-state index in [9.17, 15) is 24.3 Å². The Kier molecular flexibility index (Phi) is 12.5. The highest BCUT2D eigenvalue weighted by molar-refractivity contribution is 5.98. The third kappa shape index (κ3) is 10.3. The highest BCUT2D eigenvalue weighted by Crippen LogP contribution is 2.14. The Morgan fingerprint density at radius 2 is 1.52 bits per heavy atom. The van der Waals surface area contributed by atoms with E-state index in [2.05, 4.69) is 15.6 Å². The third-order valence-electron chi connectivity index (χ3n) is 6.12. The summed E-state index contributed by atoms with van der Waals surface area (Å²) in [6.07, 6.45) is -0.415. The number of carbonyl (C=O) groups excluding carboxylic acids is 4. The van der Waals surface area contributed by atoms with Crippen molar-refractivity contribution in [1.82, 2.24) is 15.6 Å². The highest BCUT2D eigenvalue weighted by atomic mass is 16.6. The van der Waals surface area contributed by atoms with Crippen molar-refractivity contribution in [3.8, 4) is 5.75 Å². The number of hydrogen-bond donors (Lipinski definition) is 3. The maximum atomic E-state index is 13.1. The van der Waals surface area contributed by atoms with Crippen LogP contribution in [0.4, 0.5) is 0 Å². The lowest BCUT2D eigenvalue weighted by atomic mass is 10.1. The van der Waals surface area contributed by atoms with Gasteiger partial charge in [0.2, 0.25) is 5.91 Å². The zero-order valence-electron chi connectivity index (χ0n) is 23.5. The molecule has 11 heteroatoms. The van der Waals surface area contributed by atoms with E-state index in [-0.39, 0.29) is 44.0 Å². The second-order valence-corrected chi connectivity index (χ2v) is 9.44. The standard InChI is InChI=1S/C31H35N3O8/c1-21(42-31(39)22(2)40-19-23-11-5-3-6-12-23)27(34-30(38)28-25(35)15-9-17-32-28)29(37)33-18-10-16-26(36)41-20-24-13-7-4-8-14-24/h3-9,11-15,17,21-22,27,35H,10,16,18-20H2,1-2H3,(H,33,37)(H,34,38)/t21-,22-,27+/m1/s1. The zero-order chi connectivity index (χ0) is 30.3. The van der Waals surface area contributed by atoms with Crippen LogP contribution >= 0.6 is 0 Å². The Bertz CT molecular complexity index is 1320. The van der Waals surface area contributed by atoms with Gasteiger partial charge < -0.3 is 30.0 Å². The van der Waals surface area contributed by atoms with Crippen LogP contribution in [-0.4, -0.2) is 58.6 Å². The van der Waals surface area contributed by atoms with Crippen molar-refractivity contribution in [2.75, 3.05) is 6.54 Å². The number of nitrogens with zero attached hydrogens (tertiary/aromatic N) is 1. The molecule has 2 aromatic carbocycles. The minimum absolute atomic E-state index is 0.0623. The molecule has 0 spiro atoms. The topological polar surface area (TPSA) is 153 Å². The minimum atomic E-state index is -1.34. The quantitative estimate of drug-likeness (QED) is 0.183. The molecule has 0 radical (unpaired) electrons. The van der Waals surface area contributed by atoms with Crippen LogP contribution in [0.2, 0.25) is 0 Å². The van der Waals surface area contributed by atoms with Crippen LogP contribution in [0, 0.1) is 0 Å². The number of ether oxygens (including phenoxy) is 3. The summed E-state index contributed by atoms with van der Waals surface area (Å²) in [5, 5.41) is 15.1. The molecule has 42 heavy (non-hydrogen) atoms. The predicted octanol–water partition coefficient (Wildman–Crippen LogP) is 3.06. The fourth-order valence-electron chi connectivity index (χ4n) is 3.75. The average molecular weight is 578 g/mol. The molecule has 0 saturated heterocycles.